The molecule has 5 nitrogen and oxygen atoms in total. The highest BCUT2D eigenvalue weighted by atomic mass is 35.5. The number of carbonyl (C=O) groups is 1. The number of carboxylic acids is 1. The third kappa shape index (κ3) is 2.79. The fourth-order valence-electron chi connectivity index (χ4n) is 3.06. The quantitative estimate of drug-likeness (QED) is 0.472. The Morgan fingerprint density at radius 3 is 2.46 bits per heavy atom. The van der Waals surface area contributed by atoms with Gasteiger partial charge in [0.2, 0.25) is 0 Å². The van der Waals surface area contributed by atoms with E-state index in [0.717, 1.165) is 0 Å². The zero-order chi connectivity index (χ0) is 19.4. The normalized spacial score (nSPS) is 15.5. The van der Waals surface area contributed by atoms with Crippen molar-refractivity contribution in [2.75, 3.05) is 0 Å². The van der Waals surface area contributed by atoms with E-state index in [1.807, 2.05) is 0 Å². The average Bonchev–Trinajstić information content (AvgIpc) is 2.52. The first-order chi connectivity index (χ1) is 12.0. The van der Waals surface area contributed by atoms with Crippen LogP contribution in [0.4, 0.5) is 18.9 Å². The summed E-state index contributed by atoms with van der Waals surface area (Å²) in [5, 5.41) is 20.4. The fraction of sp³-hybridized carbons (Fsp3) is 0.188. The number of nitrogens with zero attached hydrogens (tertiary/aromatic N) is 1. The van der Waals surface area contributed by atoms with Gasteiger partial charge in [0.1, 0.15) is 12.2 Å². The molecule has 4 rings (SSSR count). The number of halogens is 5. The van der Waals surface area contributed by atoms with Gasteiger partial charge in [0.15, 0.2) is 0 Å². The lowest BCUT2D eigenvalue weighted by atomic mass is 9.71. The van der Waals surface area contributed by atoms with Crippen molar-refractivity contribution in [2.45, 2.75) is 18.3 Å². The summed E-state index contributed by atoms with van der Waals surface area (Å²) in [4.78, 5) is 20.9. The van der Waals surface area contributed by atoms with Crippen molar-refractivity contribution in [2.24, 2.45) is 0 Å². The molecule has 136 valence electrons. The molecule has 10 heteroatoms. The number of fused-ring (bicyclic) bond motifs is 2. The Balaban J connectivity index is 2.19. The van der Waals surface area contributed by atoms with Gasteiger partial charge >= 0.3 is 5.97 Å². The number of rotatable bonds is 5. The predicted octanol–water partition coefficient (Wildman–Crippen LogP) is 5.10. The van der Waals surface area contributed by atoms with E-state index in [1.54, 1.807) is 0 Å². The van der Waals surface area contributed by atoms with Crippen molar-refractivity contribution >= 4 is 34.9 Å². The minimum Gasteiger partial charge on any atom is -0.481 e. The Hall–Kier alpha value is -2.32. The molecule has 1 atom stereocenters. The molecule has 0 aromatic heterocycles. The number of hydrogen-bond acceptors (Lipinski definition) is 3. The molecule has 1 N–H and O–H groups in total. The minimum atomic E-state index is -4.03. The van der Waals surface area contributed by atoms with Crippen LogP contribution >= 0.6 is 23.2 Å². The minimum absolute atomic E-state index is 0.0989. The lowest BCUT2D eigenvalue weighted by Gasteiger charge is -2.32. The third-order valence-corrected chi connectivity index (χ3v) is 4.69. The first-order valence-electron chi connectivity index (χ1n) is 7.10. The Kier molecular flexibility index (Phi) is 4.36. The molecule has 0 radical (unpaired) electrons. The average molecular weight is 406 g/mol. The Bertz CT molecular complexity index is 965. The van der Waals surface area contributed by atoms with Crippen LogP contribution in [0, 0.1) is 15.9 Å². The first-order valence-corrected chi connectivity index (χ1v) is 7.86. The van der Waals surface area contributed by atoms with Crippen molar-refractivity contribution in [3.63, 3.8) is 0 Å². The molecule has 1 unspecified atom stereocenters. The van der Waals surface area contributed by atoms with Gasteiger partial charge in [-0.2, -0.15) is 0 Å². The molecule has 0 aliphatic heterocycles. The van der Waals surface area contributed by atoms with E-state index < -0.39 is 51.8 Å². The second kappa shape index (κ2) is 6.14. The molecule has 2 bridgehead atoms. The molecule has 0 heterocycles. The zero-order valence-corrected chi connectivity index (χ0v) is 14.1. The monoisotopic (exact) mass is 405 g/mol. The maximum absolute atomic E-state index is 14.3. The van der Waals surface area contributed by atoms with E-state index in [9.17, 15) is 28.1 Å². The molecule has 0 saturated carbocycles. The number of benzene rings is 2. The van der Waals surface area contributed by atoms with Gasteiger partial charge in [-0.15, -0.1) is 0 Å². The van der Waals surface area contributed by atoms with Crippen LogP contribution in [-0.4, -0.2) is 16.0 Å². The van der Waals surface area contributed by atoms with Crippen LogP contribution in [-0.2, 0) is 10.7 Å². The topological polar surface area (TPSA) is 80.4 Å². The molecule has 0 spiro atoms. The van der Waals surface area contributed by atoms with Gasteiger partial charge in [-0.1, -0.05) is 29.3 Å². The van der Waals surface area contributed by atoms with Crippen LogP contribution in [0.25, 0.3) is 0 Å². The van der Waals surface area contributed by atoms with Crippen molar-refractivity contribution in [3.05, 3.63) is 72.5 Å². The fourth-order valence-corrected chi connectivity index (χ4v) is 3.58. The number of nitro groups is 1. The highest BCUT2D eigenvalue weighted by molar-refractivity contribution is 6.35. The van der Waals surface area contributed by atoms with Crippen LogP contribution < -0.4 is 0 Å². The molecule has 2 aromatic carbocycles. The van der Waals surface area contributed by atoms with Crippen LogP contribution in [0.3, 0.4) is 0 Å². The van der Waals surface area contributed by atoms with E-state index in [-0.39, 0.29) is 21.2 Å². The van der Waals surface area contributed by atoms with Crippen molar-refractivity contribution in [1.82, 2.24) is 0 Å². The zero-order valence-electron chi connectivity index (χ0n) is 12.6. The summed E-state index contributed by atoms with van der Waals surface area (Å²) >= 11 is 11.8. The van der Waals surface area contributed by atoms with Crippen molar-refractivity contribution in [3.8, 4) is 0 Å². The highest BCUT2D eigenvalue weighted by Crippen LogP contribution is 2.55. The highest BCUT2D eigenvalue weighted by Gasteiger charge is 2.50. The van der Waals surface area contributed by atoms with Crippen LogP contribution in [0.5, 0.6) is 0 Å². The number of alkyl halides is 2. The van der Waals surface area contributed by atoms with E-state index in [1.165, 1.54) is 18.2 Å². The second-order valence-corrected chi connectivity index (χ2v) is 6.56. The van der Waals surface area contributed by atoms with Crippen molar-refractivity contribution in [1.29, 1.82) is 0 Å². The van der Waals surface area contributed by atoms with E-state index in [4.69, 9.17) is 28.3 Å². The summed E-state index contributed by atoms with van der Waals surface area (Å²) in [6, 6.07) is 4.85. The molecule has 2 aromatic rings. The third-order valence-electron chi connectivity index (χ3n) is 4.12. The van der Waals surface area contributed by atoms with Gasteiger partial charge in [-0.3, -0.25) is 14.9 Å². The molecule has 0 fully saturated rings. The van der Waals surface area contributed by atoms with Gasteiger partial charge in [-0.25, -0.2) is 13.2 Å². The second-order valence-electron chi connectivity index (χ2n) is 5.72. The Morgan fingerprint density at radius 2 is 1.92 bits per heavy atom. The van der Waals surface area contributed by atoms with Gasteiger partial charge in [0.25, 0.3) is 11.6 Å². The van der Waals surface area contributed by atoms with E-state index >= 15 is 0 Å². The van der Waals surface area contributed by atoms with Crippen LogP contribution in [0.1, 0.15) is 34.6 Å². The molecule has 2 aliphatic rings. The Labute approximate surface area is 154 Å². The summed E-state index contributed by atoms with van der Waals surface area (Å²) in [6.07, 6.45) is -1.65. The SMILES string of the molecule is O=C(O)CC(F)(F)C1=C([N+](=O)[O-])C2=C(F)C(=C1)C2c1ccc(Cl)cc1Cl. The number of carboxylic acid groups (broad SMARTS) is 1. The van der Waals surface area contributed by atoms with Crippen LogP contribution in [0.15, 0.2) is 24.3 Å². The molecule has 2 aliphatic carbocycles. The summed E-state index contributed by atoms with van der Waals surface area (Å²) in [5.41, 5.74) is -2.75. The molecule has 26 heavy (non-hydrogen) atoms. The number of aliphatic carboxylic acids is 1. The standard InChI is InChI=1S/C16H8Cl2F3NO4/c17-6-1-2-7(10(18)3-6)12-8-4-9(16(20,21)5-11(23)24)15(22(25)26)13(12)14(8)19/h1-4,12H,5H2,(H,23,24). The first kappa shape index (κ1) is 18.5. The Morgan fingerprint density at radius 1 is 1.27 bits per heavy atom. The van der Waals surface area contributed by atoms with E-state index in [2.05, 4.69) is 0 Å². The maximum atomic E-state index is 14.3. The smallest absolute Gasteiger partial charge is 0.309 e. The van der Waals surface area contributed by atoms with E-state index in [0.29, 0.717) is 6.07 Å². The molecular formula is C16H8Cl2F3NO4. The van der Waals surface area contributed by atoms with Gasteiger partial charge < -0.3 is 5.11 Å². The number of hydrogen-bond donors (Lipinski definition) is 1. The summed E-state index contributed by atoms with van der Waals surface area (Å²) in [7, 11) is 0. The number of nitro benzene ring substituents is 1. The van der Waals surface area contributed by atoms with Crippen molar-refractivity contribution < 1.29 is 28.0 Å². The summed E-state index contributed by atoms with van der Waals surface area (Å²) in [5.74, 6) is -7.85. The molecular weight excluding hydrogens is 398 g/mol. The predicted molar refractivity (Wildman–Crippen MR) is 86.6 cm³/mol. The van der Waals surface area contributed by atoms with Crippen LogP contribution in [0.2, 0.25) is 10.0 Å². The van der Waals surface area contributed by atoms with Gasteiger partial charge in [-0.05, 0) is 23.8 Å². The van der Waals surface area contributed by atoms with Gasteiger partial charge in [0.05, 0.1) is 16.1 Å². The van der Waals surface area contributed by atoms with Gasteiger partial charge in [0, 0.05) is 21.5 Å². The summed E-state index contributed by atoms with van der Waals surface area (Å²) < 4.78 is 42.6. The lowest BCUT2D eigenvalue weighted by molar-refractivity contribution is -0.388. The summed E-state index contributed by atoms with van der Waals surface area (Å²) in [6.45, 7) is 0. The molecule has 0 amide bonds. The largest absolute Gasteiger partial charge is 0.481 e. The lowest BCUT2D eigenvalue weighted by Crippen LogP contribution is -2.28. The molecule has 0 saturated heterocycles. The maximum Gasteiger partial charge on any atom is 0.309 e.